The molecule has 1 fully saturated rings. The molecule has 0 atom stereocenters. The Labute approximate surface area is 54.7 Å². The van der Waals surface area contributed by atoms with E-state index in [0.717, 1.165) is 12.8 Å². The van der Waals surface area contributed by atoms with Gasteiger partial charge in [-0.1, -0.05) is 0 Å². The van der Waals surface area contributed by atoms with E-state index in [4.69, 9.17) is 15.9 Å². The summed E-state index contributed by atoms with van der Waals surface area (Å²) in [7, 11) is 1.64. The van der Waals surface area contributed by atoms with E-state index in [9.17, 15) is 0 Å². The molecule has 0 saturated heterocycles. The third kappa shape index (κ3) is 1.05. The van der Waals surface area contributed by atoms with Crippen molar-refractivity contribution >= 4 is 5.84 Å². The zero-order valence-corrected chi connectivity index (χ0v) is 5.61. The molecule has 1 rings (SSSR count). The summed E-state index contributed by atoms with van der Waals surface area (Å²) in [6, 6.07) is 0. The Bertz CT molecular complexity index is 129. The van der Waals surface area contributed by atoms with Crippen molar-refractivity contribution in [3.05, 3.63) is 0 Å². The van der Waals surface area contributed by atoms with Crippen LogP contribution in [-0.2, 0) is 4.74 Å². The fraction of sp³-hybridized carbons (Fsp3) is 0.833. The van der Waals surface area contributed by atoms with E-state index in [-0.39, 0.29) is 11.3 Å². The highest BCUT2D eigenvalue weighted by Gasteiger charge is 2.45. The number of hydrogen-bond acceptors (Lipinski definition) is 2. The van der Waals surface area contributed by atoms with E-state index in [1.165, 1.54) is 0 Å². The lowest BCUT2D eigenvalue weighted by Gasteiger charge is -2.09. The summed E-state index contributed by atoms with van der Waals surface area (Å²) in [5.41, 5.74) is 5.26. The molecule has 9 heavy (non-hydrogen) atoms. The van der Waals surface area contributed by atoms with Gasteiger partial charge in [0.15, 0.2) is 0 Å². The maximum absolute atomic E-state index is 7.16. The van der Waals surface area contributed by atoms with Gasteiger partial charge in [0.1, 0.15) is 0 Å². The van der Waals surface area contributed by atoms with Gasteiger partial charge in [-0.15, -0.1) is 0 Å². The minimum atomic E-state index is -0.0608. The maximum Gasteiger partial charge on any atom is 0.0992 e. The molecule has 3 N–H and O–H groups in total. The van der Waals surface area contributed by atoms with Gasteiger partial charge >= 0.3 is 0 Å². The molecular formula is C6H12N2O. The Morgan fingerprint density at radius 1 is 1.78 bits per heavy atom. The van der Waals surface area contributed by atoms with Crippen molar-refractivity contribution in [2.24, 2.45) is 11.1 Å². The standard InChI is InChI=1S/C6H12N2O/c1-9-4-6(2-3-6)5(7)8/h2-4H2,1H3,(H3,7,8). The van der Waals surface area contributed by atoms with Crippen LogP contribution in [0.2, 0.25) is 0 Å². The Balaban J connectivity index is 2.43. The van der Waals surface area contributed by atoms with Gasteiger partial charge in [-0.05, 0) is 12.8 Å². The van der Waals surface area contributed by atoms with Crippen LogP contribution in [0.4, 0.5) is 0 Å². The second-order valence-electron chi connectivity index (χ2n) is 2.63. The van der Waals surface area contributed by atoms with Gasteiger partial charge in [0, 0.05) is 7.11 Å². The van der Waals surface area contributed by atoms with Crippen LogP contribution in [0.25, 0.3) is 0 Å². The summed E-state index contributed by atoms with van der Waals surface area (Å²) in [6.45, 7) is 0.613. The van der Waals surface area contributed by atoms with Crippen LogP contribution in [0.5, 0.6) is 0 Å². The van der Waals surface area contributed by atoms with E-state index in [1.54, 1.807) is 7.11 Å². The lowest BCUT2D eigenvalue weighted by molar-refractivity contribution is 0.167. The molecule has 1 aliphatic rings. The second-order valence-corrected chi connectivity index (χ2v) is 2.63. The van der Waals surface area contributed by atoms with Crippen LogP contribution in [0, 0.1) is 10.8 Å². The van der Waals surface area contributed by atoms with Crippen LogP contribution in [-0.4, -0.2) is 19.6 Å². The van der Waals surface area contributed by atoms with Gasteiger partial charge in [-0.2, -0.15) is 0 Å². The van der Waals surface area contributed by atoms with Gasteiger partial charge in [0.25, 0.3) is 0 Å². The summed E-state index contributed by atoms with van der Waals surface area (Å²) >= 11 is 0. The molecular weight excluding hydrogens is 116 g/mol. The summed E-state index contributed by atoms with van der Waals surface area (Å²) in [6.07, 6.45) is 2.05. The molecule has 1 aliphatic carbocycles. The third-order valence-electron chi connectivity index (χ3n) is 1.85. The maximum atomic E-state index is 7.16. The number of amidine groups is 1. The first-order valence-corrected chi connectivity index (χ1v) is 3.05. The Morgan fingerprint density at radius 3 is 2.44 bits per heavy atom. The highest BCUT2D eigenvalue weighted by molar-refractivity contribution is 5.86. The lowest BCUT2D eigenvalue weighted by atomic mass is 10.1. The van der Waals surface area contributed by atoms with Crippen molar-refractivity contribution in [2.75, 3.05) is 13.7 Å². The number of ether oxygens (including phenoxy) is 1. The fourth-order valence-corrected chi connectivity index (χ4v) is 0.919. The topological polar surface area (TPSA) is 59.1 Å². The molecule has 0 aromatic heterocycles. The van der Waals surface area contributed by atoms with Crippen LogP contribution < -0.4 is 5.73 Å². The van der Waals surface area contributed by atoms with Crippen molar-refractivity contribution in [3.8, 4) is 0 Å². The number of rotatable bonds is 3. The molecule has 3 nitrogen and oxygen atoms in total. The predicted molar refractivity (Wildman–Crippen MR) is 35.5 cm³/mol. The number of nitrogens with one attached hydrogen (secondary N) is 1. The van der Waals surface area contributed by atoms with Gasteiger partial charge < -0.3 is 10.5 Å². The lowest BCUT2D eigenvalue weighted by Crippen LogP contribution is -2.27. The zero-order valence-electron chi connectivity index (χ0n) is 5.61. The highest BCUT2D eigenvalue weighted by Crippen LogP contribution is 2.45. The SMILES string of the molecule is COCC1(C(=N)N)CC1. The van der Waals surface area contributed by atoms with Gasteiger partial charge in [-0.25, -0.2) is 0 Å². The summed E-state index contributed by atoms with van der Waals surface area (Å²) in [4.78, 5) is 0. The van der Waals surface area contributed by atoms with Crippen molar-refractivity contribution in [3.63, 3.8) is 0 Å². The van der Waals surface area contributed by atoms with E-state index in [2.05, 4.69) is 0 Å². The Hall–Kier alpha value is -0.570. The molecule has 0 heterocycles. The van der Waals surface area contributed by atoms with E-state index in [0.29, 0.717) is 6.61 Å². The van der Waals surface area contributed by atoms with Gasteiger partial charge in [-0.3, -0.25) is 5.41 Å². The molecule has 0 aliphatic heterocycles. The number of hydrogen-bond donors (Lipinski definition) is 2. The minimum absolute atomic E-state index is 0.0608. The third-order valence-corrected chi connectivity index (χ3v) is 1.85. The Morgan fingerprint density at radius 2 is 2.33 bits per heavy atom. The molecule has 0 spiro atoms. The first-order valence-electron chi connectivity index (χ1n) is 3.05. The van der Waals surface area contributed by atoms with Crippen LogP contribution in [0.1, 0.15) is 12.8 Å². The van der Waals surface area contributed by atoms with E-state index < -0.39 is 0 Å². The smallest absolute Gasteiger partial charge is 0.0992 e. The monoisotopic (exact) mass is 128 g/mol. The first-order chi connectivity index (χ1) is 4.21. The summed E-state index contributed by atoms with van der Waals surface area (Å²) in [5.74, 6) is 0.282. The van der Waals surface area contributed by atoms with Crippen molar-refractivity contribution < 1.29 is 4.74 Å². The van der Waals surface area contributed by atoms with Crippen molar-refractivity contribution in [1.29, 1.82) is 5.41 Å². The molecule has 0 unspecified atom stereocenters. The molecule has 0 bridgehead atoms. The highest BCUT2D eigenvalue weighted by atomic mass is 16.5. The Kier molecular flexibility index (Phi) is 1.45. The largest absolute Gasteiger partial charge is 0.387 e. The average Bonchev–Trinajstić information content (AvgIpc) is 2.49. The van der Waals surface area contributed by atoms with Gasteiger partial charge in [0.05, 0.1) is 17.9 Å². The second kappa shape index (κ2) is 1.99. The number of nitrogens with two attached hydrogens (primary N) is 1. The molecule has 0 aromatic rings. The molecule has 0 amide bonds. The summed E-state index contributed by atoms with van der Waals surface area (Å²) < 4.78 is 4.91. The van der Waals surface area contributed by atoms with E-state index in [1.807, 2.05) is 0 Å². The predicted octanol–water partition coefficient (Wildman–Crippen LogP) is 0.349. The minimum Gasteiger partial charge on any atom is -0.387 e. The molecule has 3 heteroatoms. The summed E-state index contributed by atoms with van der Waals surface area (Å²) in [5, 5.41) is 7.16. The van der Waals surface area contributed by atoms with Crippen LogP contribution in [0.3, 0.4) is 0 Å². The number of methoxy groups -OCH3 is 1. The molecule has 1 saturated carbocycles. The van der Waals surface area contributed by atoms with Gasteiger partial charge in [0.2, 0.25) is 0 Å². The van der Waals surface area contributed by atoms with Crippen LogP contribution >= 0.6 is 0 Å². The van der Waals surface area contributed by atoms with Crippen molar-refractivity contribution in [2.45, 2.75) is 12.8 Å². The fourth-order valence-electron chi connectivity index (χ4n) is 0.919. The average molecular weight is 128 g/mol. The van der Waals surface area contributed by atoms with E-state index >= 15 is 0 Å². The van der Waals surface area contributed by atoms with Crippen LogP contribution in [0.15, 0.2) is 0 Å². The van der Waals surface area contributed by atoms with Crippen molar-refractivity contribution in [1.82, 2.24) is 0 Å². The molecule has 0 aromatic carbocycles. The quantitative estimate of drug-likeness (QED) is 0.425. The first kappa shape index (κ1) is 6.55. The molecule has 52 valence electrons. The normalized spacial score (nSPS) is 21.4. The molecule has 0 radical (unpaired) electrons. The zero-order chi connectivity index (χ0) is 6.91.